The summed E-state index contributed by atoms with van der Waals surface area (Å²) in [6.07, 6.45) is 5.48. The van der Waals surface area contributed by atoms with Crippen molar-refractivity contribution in [3.8, 4) is 0 Å². The van der Waals surface area contributed by atoms with Crippen LogP contribution in [0.5, 0.6) is 0 Å². The Bertz CT molecular complexity index is 496. The van der Waals surface area contributed by atoms with Gasteiger partial charge in [-0.05, 0) is 30.2 Å². The summed E-state index contributed by atoms with van der Waals surface area (Å²) in [4.78, 5) is 11.0. The highest BCUT2D eigenvalue weighted by atomic mass is 16.5. The fourth-order valence-electron chi connectivity index (χ4n) is 1.51. The molecule has 0 aliphatic rings. The van der Waals surface area contributed by atoms with E-state index in [1.165, 1.54) is 0 Å². The van der Waals surface area contributed by atoms with Gasteiger partial charge in [0, 0.05) is 5.56 Å². The molecule has 0 bridgehead atoms. The van der Waals surface area contributed by atoms with Crippen molar-refractivity contribution in [2.75, 3.05) is 7.11 Å². The van der Waals surface area contributed by atoms with Crippen molar-refractivity contribution in [2.45, 2.75) is 6.92 Å². The van der Waals surface area contributed by atoms with E-state index in [9.17, 15) is 4.79 Å². The lowest BCUT2D eigenvalue weighted by atomic mass is 9.93. The Balaban J connectivity index is 3.07. The third kappa shape index (κ3) is 3.49. The van der Waals surface area contributed by atoms with Crippen molar-refractivity contribution in [1.29, 1.82) is 0 Å². The van der Waals surface area contributed by atoms with Crippen LogP contribution in [0, 0.1) is 0 Å². The predicted molar refractivity (Wildman–Crippen MR) is 75.5 cm³/mol. The second-order valence-electron chi connectivity index (χ2n) is 3.64. The highest BCUT2D eigenvalue weighted by molar-refractivity contribution is 6.62. The van der Waals surface area contributed by atoms with Gasteiger partial charge in [0.25, 0.3) is 0 Å². The van der Waals surface area contributed by atoms with Crippen molar-refractivity contribution in [2.24, 2.45) is 0 Å². The van der Waals surface area contributed by atoms with E-state index < -0.39 is 5.68 Å². The van der Waals surface area contributed by atoms with Gasteiger partial charge in [-0.25, -0.2) is 0 Å². The first-order valence-electron chi connectivity index (χ1n) is 5.57. The molecule has 1 aromatic rings. The van der Waals surface area contributed by atoms with E-state index in [1.54, 1.807) is 25.3 Å². The Labute approximate surface area is 109 Å². The number of ether oxygens (including phenoxy) is 1. The quantitative estimate of drug-likeness (QED) is 0.447. The smallest absolute Gasteiger partial charge is 0.175 e. The van der Waals surface area contributed by atoms with E-state index in [-0.39, 0.29) is 0 Å². The van der Waals surface area contributed by atoms with E-state index in [4.69, 9.17) is 12.6 Å². The third-order valence-electron chi connectivity index (χ3n) is 2.55. The molecule has 0 saturated heterocycles. The van der Waals surface area contributed by atoms with Gasteiger partial charge >= 0.3 is 0 Å². The summed E-state index contributed by atoms with van der Waals surface area (Å²) in [6.45, 7) is 5.60. The Hall–Kier alpha value is -2.03. The summed E-state index contributed by atoms with van der Waals surface area (Å²) in [7, 11) is 6.79. The minimum absolute atomic E-state index is 0.428. The number of benzene rings is 1. The van der Waals surface area contributed by atoms with E-state index >= 15 is 0 Å². The van der Waals surface area contributed by atoms with E-state index in [0.29, 0.717) is 11.3 Å². The molecular formula is C15H15BO2. The van der Waals surface area contributed by atoms with Gasteiger partial charge in [-0.2, -0.15) is 0 Å². The van der Waals surface area contributed by atoms with Crippen molar-refractivity contribution in [3.63, 3.8) is 0 Å². The van der Waals surface area contributed by atoms with E-state index in [0.717, 1.165) is 11.1 Å². The third-order valence-corrected chi connectivity index (χ3v) is 2.55. The number of hydrogen-bond donors (Lipinski definition) is 0. The molecule has 0 amide bonds. The predicted octanol–water partition coefficient (Wildman–Crippen LogP) is 3.11. The van der Waals surface area contributed by atoms with Gasteiger partial charge in [0.15, 0.2) is 7.85 Å². The zero-order chi connectivity index (χ0) is 13.5. The lowest BCUT2D eigenvalue weighted by Crippen LogP contribution is -1.96. The fourth-order valence-corrected chi connectivity index (χ4v) is 1.51. The molecule has 0 heterocycles. The monoisotopic (exact) mass is 238 g/mol. The second-order valence-corrected chi connectivity index (χ2v) is 3.64. The maximum absolute atomic E-state index is 11.0. The van der Waals surface area contributed by atoms with Crippen molar-refractivity contribution >= 4 is 19.1 Å². The summed E-state index contributed by atoms with van der Waals surface area (Å²) in [5.74, 6) is 0.682. The molecule has 1 aromatic carbocycles. The number of carbonyl (C=O) groups is 1. The van der Waals surface area contributed by atoms with Gasteiger partial charge in [-0.15, -0.1) is 0 Å². The molecule has 0 N–H and O–H groups in total. The summed E-state index contributed by atoms with van der Waals surface area (Å²) >= 11 is 0. The van der Waals surface area contributed by atoms with Crippen LogP contribution in [0.25, 0.3) is 5.57 Å². The van der Waals surface area contributed by atoms with Crippen molar-refractivity contribution < 1.29 is 9.53 Å². The molecule has 18 heavy (non-hydrogen) atoms. The topological polar surface area (TPSA) is 26.3 Å². The molecule has 0 aliphatic heterocycles. The van der Waals surface area contributed by atoms with E-state index in [1.807, 2.05) is 31.2 Å². The van der Waals surface area contributed by atoms with Crippen LogP contribution in [0.4, 0.5) is 0 Å². The first-order chi connectivity index (χ1) is 8.62. The molecule has 0 fully saturated rings. The molecule has 0 aromatic heterocycles. The van der Waals surface area contributed by atoms with Gasteiger partial charge in [-0.3, -0.25) is 0 Å². The standard InChI is InChI=1S/C15H15BO2/c1-4-11(10-14(5-2)18-3)12-6-8-13(9-7-12)15(16)17/h4-10H,2H2,1,3H3/b11-4+,14-10+. The molecule has 2 nitrogen and oxygen atoms in total. The Morgan fingerprint density at radius 2 is 1.83 bits per heavy atom. The van der Waals surface area contributed by atoms with Crippen LogP contribution in [0.2, 0.25) is 0 Å². The highest BCUT2D eigenvalue weighted by Gasteiger charge is 2.02. The van der Waals surface area contributed by atoms with Crippen LogP contribution in [-0.4, -0.2) is 20.6 Å². The maximum Gasteiger partial charge on any atom is 0.175 e. The number of rotatable bonds is 5. The van der Waals surface area contributed by atoms with Crippen LogP contribution < -0.4 is 0 Å². The average molecular weight is 238 g/mol. The Kier molecular flexibility index (Phi) is 5.18. The molecular weight excluding hydrogens is 223 g/mol. The number of allylic oxidation sites excluding steroid dienone is 4. The second kappa shape index (κ2) is 6.65. The first-order valence-corrected chi connectivity index (χ1v) is 5.57. The van der Waals surface area contributed by atoms with Gasteiger partial charge in [0.1, 0.15) is 11.4 Å². The number of methoxy groups -OCH3 is 1. The summed E-state index contributed by atoms with van der Waals surface area (Å²) in [5.41, 5.74) is 2.04. The van der Waals surface area contributed by atoms with Crippen LogP contribution in [-0.2, 0) is 4.74 Å². The summed E-state index contributed by atoms with van der Waals surface area (Å²) in [5, 5.41) is 0. The molecule has 1 rings (SSSR count). The number of carbonyl (C=O) groups excluding carboxylic acids is 1. The molecule has 0 aliphatic carbocycles. The first kappa shape index (κ1) is 14.0. The number of hydrogen-bond acceptors (Lipinski definition) is 2. The van der Waals surface area contributed by atoms with E-state index in [2.05, 4.69) is 6.58 Å². The molecule has 3 heteroatoms. The van der Waals surface area contributed by atoms with Crippen LogP contribution in [0.3, 0.4) is 0 Å². The SMILES string of the molecule is [B]C(=O)c1ccc(C(/C=C(\C=C)OC)=C/C)cc1. The molecule has 90 valence electrons. The minimum Gasteiger partial charge on any atom is -0.497 e. The summed E-state index contributed by atoms with van der Waals surface area (Å²) < 4.78 is 5.14. The molecule has 0 unspecified atom stereocenters. The van der Waals surface area contributed by atoms with Gasteiger partial charge in [0.05, 0.1) is 7.11 Å². The Morgan fingerprint density at radius 3 is 2.22 bits per heavy atom. The molecule has 2 radical (unpaired) electrons. The zero-order valence-electron chi connectivity index (χ0n) is 10.6. The fraction of sp³-hybridized carbons (Fsp3) is 0.133. The zero-order valence-corrected chi connectivity index (χ0v) is 10.6. The van der Waals surface area contributed by atoms with Gasteiger partial charge in [-0.1, -0.05) is 36.9 Å². The maximum atomic E-state index is 11.0. The van der Waals surface area contributed by atoms with Crippen LogP contribution in [0.1, 0.15) is 22.8 Å². The lowest BCUT2D eigenvalue weighted by molar-refractivity contribution is 0.108. The van der Waals surface area contributed by atoms with Gasteiger partial charge in [0.2, 0.25) is 0 Å². The molecule has 0 atom stereocenters. The van der Waals surface area contributed by atoms with Crippen LogP contribution >= 0.6 is 0 Å². The Morgan fingerprint density at radius 1 is 1.28 bits per heavy atom. The average Bonchev–Trinajstić information content (AvgIpc) is 2.40. The molecule has 0 spiro atoms. The largest absolute Gasteiger partial charge is 0.497 e. The van der Waals surface area contributed by atoms with Crippen molar-refractivity contribution in [1.82, 2.24) is 0 Å². The lowest BCUT2D eigenvalue weighted by Gasteiger charge is -2.06. The van der Waals surface area contributed by atoms with Crippen LogP contribution in [0.15, 0.2) is 54.8 Å². The highest BCUT2D eigenvalue weighted by Crippen LogP contribution is 2.19. The summed E-state index contributed by atoms with van der Waals surface area (Å²) in [6, 6.07) is 7.11. The normalized spacial score (nSPS) is 12.1. The molecule has 0 saturated carbocycles. The van der Waals surface area contributed by atoms with Crippen molar-refractivity contribution in [3.05, 3.63) is 66.0 Å². The van der Waals surface area contributed by atoms with Gasteiger partial charge < -0.3 is 9.53 Å². The minimum atomic E-state index is -0.428.